The highest BCUT2D eigenvalue weighted by atomic mass is 79.9. The van der Waals surface area contributed by atoms with Crippen LogP contribution in [0.5, 0.6) is 0 Å². The summed E-state index contributed by atoms with van der Waals surface area (Å²) in [6.07, 6.45) is 3.56. The number of hydrogen-bond acceptors (Lipinski definition) is 1. The van der Waals surface area contributed by atoms with Gasteiger partial charge in [0.05, 0.1) is 0 Å². The molecule has 1 aliphatic carbocycles. The fourth-order valence-electron chi connectivity index (χ4n) is 2.11. The van der Waals surface area contributed by atoms with E-state index in [9.17, 15) is 4.79 Å². The lowest BCUT2D eigenvalue weighted by Gasteiger charge is -2.15. The van der Waals surface area contributed by atoms with E-state index < -0.39 is 0 Å². The first-order valence-electron chi connectivity index (χ1n) is 6.17. The first-order chi connectivity index (χ1) is 8.58. The minimum atomic E-state index is -0.0177. The molecule has 0 spiro atoms. The van der Waals surface area contributed by atoms with Crippen LogP contribution in [-0.2, 0) is 0 Å². The van der Waals surface area contributed by atoms with E-state index >= 15 is 0 Å². The first kappa shape index (κ1) is 13.9. The molecule has 1 saturated carbocycles. The molecule has 0 aliphatic heterocycles. The molecule has 2 nitrogen and oxygen atoms in total. The van der Waals surface area contributed by atoms with Crippen LogP contribution in [0.4, 0.5) is 0 Å². The van der Waals surface area contributed by atoms with Crippen molar-refractivity contribution in [2.45, 2.75) is 26.2 Å². The molecule has 4 heteroatoms. The highest BCUT2D eigenvalue weighted by Gasteiger charge is 2.41. The lowest BCUT2D eigenvalue weighted by Crippen LogP contribution is -2.30. The Morgan fingerprint density at radius 1 is 1.50 bits per heavy atom. The molecule has 2 rings (SSSR count). The van der Waals surface area contributed by atoms with Crippen molar-refractivity contribution in [1.82, 2.24) is 5.32 Å². The number of halogens is 2. The summed E-state index contributed by atoms with van der Waals surface area (Å²) in [6.45, 7) is 2.64. The third-order valence-electron chi connectivity index (χ3n) is 3.72. The second-order valence-electron chi connectivity index (χ2n) is 5.03. The molecule has 1 fully saturated rings. The van der Waals surface area contributed by atoms with Gasteiger partial charge in [0, 0.05) is 22.5 Å². The van der Waals surface area contributed by atoms with E-state index in [1.54, 1.807) is 6.07 Å². The Hall–Kier alpha value is -0.540. The van der Waals surface area contributed by atoms with Gasteiger partial charge in [0.2, 0.25) is 0 Å². The third-order valence-corrected chi connectivity index (χ3v) is 4.52. The molecule has 1 aromatic carbocycles. The molecule has 0 atom stereocenters. The van der Waals surface area contributed by atoms with Crippen molar-refractivity contribution in [3.05, 3.63) is 34.3 Å². The number of carbonyl (C=O) groups is 1. The summed E-state index contributed by atoms with van der Waals surface area (Å²) in [7, 11) is 0. The van der Waals surface area contributed by atoms with E-state index in [-0.39, 0.29) is 5.91 Å². The normalized spacial score (nSPS) is 16.4. The molecule has 0 aromatic heterocycles. The maximum Gasteiger partial charge on any atom is 0.251 e. The van der Waals surface area contributed by atoms with E-state index in [0.717, 1.165) is 23.9 Å². The Kier molecular flexibility index (Phi) is 4.33. The van der Waals surface area contributed by atoms with Gasteiger partial charge in [0.15, 0.2) is 0 Å². The number of amides is 1. The predicted molar refractivity (Wildman–Crippen MR) is 78.6 cm³/mol. The van der Waals surface area contributed by atoms with E-state index in [1.807, 2.05) is 19.1 Å². The fourth-order valence-corrected chi connectivity index (χ4v) is 3.12. The summed E-state index contributed by atoms with van der Waals surface area (Å²) in [4.78, 5) is 12.1. The first-order valence-corrected chi connectivity index (χ1v) is 7.67. The molecule has 0 heterocycles. The fraction of sp³-hybridized carbons (Fsp3) is 0.500. The Bertz CT molecular complexity index is 457. The standard InChI is InChI=1S/C14H17BrClNO/c1-10-11(3-2-4-12(10)16)13(18)17-9-14(5-6-14)7-8-15/h2-4H,5-9H2,1H3,(H,17,18). The quantitative estimate of drug-likeness (QED) is 0.814. The minimum Gasteiger partial charge on any atom is -0.351 e. The molecule has 0 radical (unpaired) electrons. The smallest absolute Gasteiger partial charge is 0.251 e. The molecule has 1 aromatic rings. The van der Waals surface area contributed by atoms with Crippen molar-refractivity contribution >= 4 is 33.4 Å². The summed E-state index contributed by atoms with van der Waals surface area (Å²) >= 11 is 9.49. The van der Waals surface area contributed by atoms with E-state index in [2.05, 4.69) is 21.2 Å². The SMILES string of the molecule is Cc1c(Cl)cccc1C(=O)NCC1(CCBr)CC1. The molecule has 1 aliphatic rings. The number of benzene rings is 1. The summed E-state index contributed by atoms with van der Waals surface area (Å²) in [5.74, 6) is -0.0177. The molecule has 98 valence electrons. The third kappa shape index (κ3) is 3.07. The van der Waals surface area contributed by atoms with Crippen LogP contribution in [0.2, 0.25) is 5.02 Å². The largest absolute Gasteiger partial charge is 0.351 e. The Labute approximate surface area is 121 Å². The van der Waals surface area contributed by atoms with Crippen molar-refractivity contribution < 1.29 is 4.79 Å². The van der Waals surface area contributed by atoms with Crippen molar-refractivity contribution in [3.8, 4) is 0 Å². The Morgan fingerprint density at radius 2 is 2.22 bits per heavy atom. The van der Waals surface area contributed by atoms with Gasteiger partial charge in [-0.1, -0.05) is 33.6 Å². The van der Waals surface area contributed by atoms with Gasteiger partial charge in [0.25, 0.3) is 5.91 Å². The highest BCUT2D eigenvalue weighted by molar-refractivity contribution is 9.09. The second kappa shape index (κ2) is 5.62. The predicted octanol–water partition coefficient (Wildman–Crippen LogP) is 3.94. The van der Waals surface area contributed by atoms with Crippen molar-refractivity contribution in [2.75, 3.05) is 11.9 Å². The van der Waals surface area contributed by atoms with Crippen LogP contribution in [0, 0.1) is 12.3 Å². The van der Waals surface area contributed by atoms with Crippen LogP contribution in [0.1, 0.15) is 35.2 Å². The van der Waals surface area contributed by atoms with Gasteiger partial charge in [-0.2, -0.15) is 0 Å². The van der Waals surface area contributed by atoms with Gasteiger partial charge in [-0.3, -0.25) is 4.79 Å². The number of nitrogens with one attached hydrogen (secondary N) is 1. The van der Waals surface area contributed by atoms with Crippen molar-refractivity contribution in [2.24, 2.45) is 5.41 Å². The zero-order valence-electron chi connectivity index (χ0n) is 10.4. The van der Waals surface area contributed by atoms with Crippen LogP contribution >= 0.6 is 27.5 Å². The van der Waals surface area contributed by atoms with Crippen molar-refractivity contribution in [3.63, 3.8) is 0 Å². The molecular formula is C14H17BrClNO. The second-order valence-corrected chi connectivity index (χ2v) is 6.23. The van der Waals surface area contributed by atoms with E-state index in [4.69, 9.17) is 11.6 Å². The van der Waals surface area contributed by atoms with Crippen LogP contribution in [0.15, 0.2) is 18.2 Å². The van der Waals surface area contributed by atoms with Crippen LogP contribution in [0.25, 0.3) is 0 Å². The number of alkyl halides is 1. The minimum absolute atomic E-state index is 0.0177. The molecular weight excluding hydrogens is 314 g/mol. The summed E-state index contributed by atoms with van der Waals surface area (Å²) in [6, 6.07) is 5.44. The van der Waals surface area contributed by atoms with Gasteiger partial charge in [-0.15, -0.1) is 0 Å². The monoisotopic (exact) mass is 329 g/mol. The van der Waals surface area contributed by atoms with Gasteiger partial charge >= 0.3 is 0 Å². The van der Waals surface area contributed by atoms with Gasteiger partial charge < -0.3 is 5.32 Å². The average molecular weight is 331 g/mol. The van der Waals surface area contributed by atoms with Gasteiger partial charge in [-0.05, 0) is 49.3 Å². The molecule has 0 unspecified atom stereocenters. The van der Waals surface area contributed by atoms with Gasteiger partial charge in [-0.25, -0.2) is 0 Å². The summed E-state index contributed by atoms with van der Waals surface area (Å²) in [5.41, 5.74) is 1.87. The van der Waals surface area contributed by atoms with E-state index in [0.29, 0.717) is 16.0 Å². The Morgan fingerprint density at radius 3 is 2.83 bits per heavy atom. The Balaban J connectivity index is 1.98. The van der Waals surface area contributed by atoms with Gasteiger partial charge in [0.1, 0.15) is 0 Å². The number of hydrogen-bond donors (Lipinski definition) is 1. The lowest BCUT2D eigenvalue weighted by atomic mass is 10.0. The number of rotatable bonds is 5. The van der Waals surface area contributed by atoms with Crippen LogP contribution < -0.4 is 5.32 Å². The van der Waals surface area contributed by atoms with E-state index in [1.165, 1.54) is 12.8 Å². The molecule has 1 N–H and O–H groups in total. The maximum atomic E-state index is 12.1. The highest BCUT2D eigenvalue weighted by Crippen LogP contribution is 2.48. The average Bonchev–Trinajstić information content (AvgIpc) is 3.11. The molecule has 1 amide bonds. The van der Waals surface area contributed by atoms with Crippen LogP contribution in [-0.4, -0.2) is 17.8 Å². The molecule has 0 bridgehead atoms. The maximum absolute atomic E-state index is 12.1. The zero-order chi connectivity index (χ0) is 13.2. The lowest BCUT2D eigenvalue weighted by molar-refractivity contribution is 0.0944. The summed E-state index contributed by atoms with van der Waals surface area (Å²) in [5, 5.41) is 4.68. The van der Waals surface area contributed by atoms with Crippen molar-refractivity contribution in [1.29, 1.82) is 0 Å². The zero-order valence-corrected chi connectivity index (χ0v) is 12.8. The summed E-state index contributed by atoms with van der Waals surface area (Å²) < 4.78 is 0. The number of carbonyl (C=O) groups excluding carboxylic acids is 1. The topological polar surface area (TPSA) is 29.1 Å². The molecule has 0 saturated heterocycles. The van der Waals surface area contributed by atoms with Crippen LogP contribution in [0.3, 0.4) is 0 Å². The molecule has 18 heavy (non-hydrogen) atoms.